The monoisotopic (exact) mass is 370 g/mol. The summed E-state index contributed by atoms with van der Waals surface area (Å²) in [4.78, 5) is 15.4. The van der Waals surface area contributed by atoms with Gasteiger partial charge in [-0.3, -0.25) is 0 Å². The van der Waals surface area contributed by atoms with E-state index in [0.717, 1.165) is 16.7 Å². The van der Waals surface area contributed by atoms with E-state index < -0.39 is 6.03 Å². The number of anilines is 3. The van der Waals surface area contributed by atoms with E-state index in [2.05, 4.69) is 20.9 Å². The van der Waals surface area contributed by atoms with E-state index >= 15 is 0 Å². The highest BCUT2D eigenvalue weighted by atomic mass is 32.1. The summed E-state index contributed by atoms with van der Waals surface area (Å²) < 4.78 is 7.25. The van der Waals surface area contributed by atoms with Crippen molar-refractivity contribution in [3.05, 3.63) is 42.7 Å². The SMILES string of the molecule is COc1ccc(NC(N)=O)cc1NC(=S)Nc1cccc2c1ncn2C. The molecule has 0 saturated heterocycles. The molecule has 5 N–H and O–H groups in total. The number of amides is 2. The van der Waals surface area contributed by atoms with Crippen LogP contribution in [0.3, 0.4) is 0 Å². The third-order valence-electron chi connectivity index (χ3n) is 3.72. The first kappa shape index (κ1) is 17.5. The van der Waals surface area contributed by atoms with Crippen molar-refractivity contribution in [3.8, 4) is 5.75 Å². The fourth-order valence-corrected chi connectivity index (χ4v) is 2.78. The smallest absolute Gasteiger partial charge is 0.316 e. The second-order valence-electron chi connectivity index (χ2n) is 5.51. The van der Waals surface area contributed by atoms with Crippen LogP contribution in [0, 0.1) is 0 Å². The normalized spacial score (nSPS) is 10.4. The van der Waals surface area contributed by atoms with Gasteiger partial charge in [-0.1, -0.05) is 6.07 Å². The summed E-state index contributed by atoms with van der Waals surface area (Å²) in [6.07, 6.45) is 1.74. The van der Waals surface area contributed by atoms with Gasteiger partial charge in [0.05, 0.1) is 30.3 Å². The first-order valence-corrected chi connectivity index (χ1v) is 8.11. The van der Waals surface area contributed by atoms with Gasteiger partial charge in [-0.2, -0.15) is 0 Å². The first-order valence-electron chi connectivity index (χ1n) is 7.70. The Bertz CT molecular complexity index is 985. The van der Waals surface area contributed by atoms with Crippen molar-refractivity contribution in [2.75, 3.05) is 23.1 Å². The number of aryl methyl sites for hydroxylation is 1. The van der Waals surface area contributed by atoms with E-state index in [1.807, 2.05) is 29.8 Å². The molecule has 1 heterocycles. The molecule has 1 aromatic heterocycles. The molecule has 26 heavy (non-hydrogen) atoms. The van der Waals surface area contributed by atoms with Crippen molar-refractivity contribution in [1.29, 1.82) is 0 Å². The number of hydrogen-bond donors (Lipinski definition) is 4. The number of ether oxygens (including phenoxy) is 1. The summed E-state index contributed by atoms with van der Waals surface area (Å²) in [6.45, 7) is 0. The molecule has 0 aliphatic heterocycles. The highest BCUT2D eigenvalue weighted by Crippen LogP contribution is 2.28. The lowest BCUT2D eigenvalue weighted by Gasteiger charge is -2.15. The van der Waals surface area contributed by atoms with Gasteiger partial charge in [-0.25, -0.2) is 9.78 Å². The van der Waals surface area contributed by atoms with Gasteiger partial charge in [0, 0.05) is 12.7 Å². The van der Waals surface area contributed by atoms with Gasteiger partial charge in [0.2, 0.25) is 0 Å². The summed E-state index contributed by atoms with van der Waals surface area (Å²) in [6, 6.07) is 10.2. The van der Waals surface area contributed by atoms with Crippen LogP contribution in [0.15, 0.2) is 42.7 Å². The van der Waals surface area contributed by atoms with Crippen LogP contribution in [-0.2, 0) is 7.05 Å². The molecule has 0 unspecified atom stereocenters. The lowest BCUT2D eigenvalue weighted by Crippen LogP contribution is -2.21. The number of thiocarbonyl (C=S) groups is 1. The Morgan fingerprint density at radius 2 is 1.96 bits per heavy atom. The molecular formula is C17H18N6O2S. The van der Waals surface area contributed by atoms with Crippen molar-refractivity contribution in [3.63, 3.8) is 0 Å². The molecule has 2 amide bonds. The highest BCUT2D eigenvalue weighted by molar-refractivity contribution is 7.80. The number of nitrogens with two attached hydrogens (primary N) is 1. The number of carbonyl (C=O) groups excluding carboxylic acids is 1. The van der Waals surface area contributed by atoms with E-state index in [9.17, 15) is 4.79 Å². The summed E-state index contributed by atoms with van der Waals surface area (Å²) in [5.41, 5.74) is 8.85. The van der Waals surface area contributed by atoms with Gasteiger partial charge in [0.1, 0.15) is 11.3 Å². The fourth-order valence-electron chi connectivity index (χ4n) is 2.56. The zero-order valence-electron chi connectivity index (χ0n) is 14.2. The van der Waals surface area contributed by atoms with Crippen LogP contribution in [0.5, 0.6) is 5.75 Å². The molecule has 2 aromatic carbocycles. The maximum atomic E-state index is 11.0. The number of methoxy groups -OCH3 is 1. The molecule has 0 bridgehead atoms. The van der Waals surface area contributed by atoms with E-state index in [0.29, 0.717) is 22.2 Å². The maximum Gasteiger partial charge on any atom is 0.316 e. The Morgan fingerprint density at radius 1 is 1.19 bits per heavy atom. The number of imidazole rings is 1. The van der Waals surface area contributed by atoms with Crippen LogP contribution in [0.25, 0.3) is 11.0 Å². The minimum atomic E-state index is -0.649. The minimum Gasteiger partial charge on any atom is -0.495 e. The molecule has 9 heteroatoms. The molecule has 134 valence electrons. The maximum absolute atomic E-state index is 11.0. The summed E-state index contributed by atoms with van der Waals surface area (Å²) in [5.74, 6) is 0.570. The molecule has 0 aliphatic rings. The second-order valence-corrected chi connectivity index (χ2v) is 5.92. The number of fused-ring (bicyclic) bond motifs is 1. The predicted molar refractivity (Wildman–Crippen MR) is 107 cm³/mol. The molecule has 0 fully saturated rings. The Labute approximate surface area is 155 Å². The fraction of sp³-hybridized carbons (Fsp3) is 0.118. The largest absolute Gasteiger partial charge is 0.495 e. The van der Waals surface area contributed by atoms with Crippen LogP contribution in [-0.4, -0.2) is 27.8 Å². The predicted octanol–water partition coefficient (Wildman–Crippen LogP) is 2.88. The number of nitrogens with one attached hydrogen (secondary N) is 3. The number of urea groups is 1. The zero-order chi connectivity index (χ0) is 18.7. The van der Waals surface area contributed by atoms with Crippen molar-refractivity contribution in [1.82, 2.24) is 9.55 Å². The zero-order valence-corrected chi connectivity index (χ0v) is 15.1. The Balaban J connectivity index is 1.82. The van der Waals surface area contributed by atoms with Gasteiger partial charge in [0.25, 0.3) is 0 Å². The number of rotatable bonds is 4. The van der Waals surface area contributed by atoms with E-state index in [1.165, 1.54) is 0 Å². The third-order valence-corrected chi connectivity index (χ3v) is 3.92. The van der Waals surface area contributed by atoms with Crippen LogP contribution in [0.1, 0.15) is 0 Å². The molecule has 0 aliphatic carbocycles. The van der Waals surface area contributed by atoms with Crippen LogP contribution in [0.2, 0.25) is 0 Å². The standard InChI is InChI=1S/C17H18N6O2S/c1-23-9-19-15-11(4-3-5-13(15)23)21-17(26)22-12-8-10(20-16(18)24)6-7-14(12)25-2/h3-9H,1-2H3,(H3,18,20,24)(H2,21,22,26). The lowest BCUT2D eigenvalue weighted by molar-refractivity contribution is 0.259. The number of hydrogen-bond acceptors (Lipinski definition) is 4. The van der Waals surface area contributed by atoms with Gasteiger partial charge in [-0.15, -0.1) is 0 Å². The number of primary amides is 1. The van der Waals surface area contributed by atoms with Gasteiger partial charge in [0.15, 0.2) is 5.11 Å². The van der Waals surface area contributed by atoms with Crippen molar-refractivity contribution in [2.24, 2.45) is 12.8 Å². The summed E-state index contributed by atoms with van der Waals surface area (Å²) in [7, 11) is 3.48. The van der Waals surface area contributed by atoms with E-state index in [1.54, 1.807) is 31.6 Å². The average molecular weight is 370 g/mol. The molecule has 0 atom stereocenters. The van der Waals surface area contributed by atoms with Gasteiger partial charge in [-0.05, 0) is 42.5 Å². The minimum absolute atomic E-state index is 0.359. The lowest BCUT2D eigenvalue weighted by atomic mass is 10.2. The van der Waals surface area contributed by atoms with Crippen LogP contribution in [0.4, 0.5) is 21.9 Å². The van der Waals surface area contributed by atoms with Crippen molar-refractivity contribution in [2.45, 2.75) is 0 Å². The number of para-hydroxylation sites is 1. The number of aromatic nitrogens is 2. The Morgan fingerprint density at radius 3 is 2.69 bits per heavy atom. The van der Waals surface area contributed by atoms with Crippen molar-refractivity contribution >= 4 is 51.5 Å². The topological polar surface area (TPSA) is 106 Å². The highest BCUT2D eigenvalue weighted by Gasteiger charge is 2.10. The van der Waals surface area contributed by atoms with Gasteiger partial charge >= 0.3 is 6.03 Å². The average Bonchev–Trinajstić information content (AvgIpc) is 2.97. The van der Waals surface area contributed by atoms with Gasteiger partial charge < -0.3 is 31.0 Å². The number of nitrogens with zero attached hydrogens (tertiary/aromatic N) is 2. The second kappa shape index (κ2) is 7.28. The van der Waals surface area contributed by atoms with Crippen LogP contribution < -0.4 is 26.4 Å². The number of carbonyl (C=O) groups is 1. The Hall–Kier alpha value is -3.33. The molecule has 3 rings (SSSR count). The molecule has 0 radical (unpaired) electrons. The molecule has 0 spiro atoms. The first-order chi connectivity index (χ1) is 12.5. The molecule has 3 aromatic rings. The summed E-state index contributed by atoms with van der Waals surface area (Å²) in [5, 5.41) is 9.07. The molecular weight excluding hydrogens is 352 g/mol. The van der Waals surface area contributed by atoms with E-state index in [4.69, 9.17) is 22.7 Å². The van der Waals surface area contributed by atoms with Crippen LogP contribution >= 0.6 is 12.2 Å². The third kappa shape index (κ3) is 3.67. The molecule has 8 nitrogen and oxygen atoms in total. The molecule has 0 saturated carbocycles. The van der Waals surface area contributed by atoms with Crippen molar-refractivity contribution < 1.29 is 9.53 Å². The van der Waals surface area contributed by atoms with E-state index in [-0.39, 0.29) is 0 Å². The quantitative estimate of drug-likeness (QED) is 0.526. The number of benzene rings is 2. The summed E-state index contributed by atoms with van der Waals surface area (Å²) >= 11 is 5.40. The Kier molecular flexibility index (Phi) is 4.90.